The maximum absolute atomic E-state index is 11.9. The molecule has 1 atom stereocenters. The highest BCUT2D eigenvalue weighted by molar-refractivity contribution is 7.88. The van der Waals surface area contributed by atoms with E-state index in [1.165, 1.54) is 6.26 Å². The number of benzene rings is 3. The first kappa shape index (κ1) is 18.2. The molecule has 3 aromatic carbocycles. The van der Waals surface area contributed by atoms with Crippen LogP contribution in [-0.4, -0.2) is 21.2 Å². The Morgan fingerprint density at radius 1 is 0.769 bits per heavy atom. The molecule has 0 saturated carbocycles. The van der Waals surface area contributed by atoms with Crippen molar-refractivity contribution in [2.75, 3.05) is 17.7 Å². The molecule has 0 aromatic heterocycles. The number of nitrogens with one attached hydrogen (secondary N) is 1. The quantitative estimate of drug-likeness (QED) is 0.684. The molecule has 26 heavy (non-hydrogen) atoms. The van der Waals surface area contributed by atoms with Crippen molar-refractivity contribution in [3.63, 3.8) is 0 Å². The van der Waals surface area contributed by atoms with Gasteiger partial charge in [0.2, 0.25) is 10.0 Å². The van der Waals surface area contributed by atoms with Crippen LogP contribution in [0.15, 0.2) is 91.0 Å². The van der Waals surface area contributed by atoms with Gasteiger partial charge in [0.1, 0.15) is 0 Å². The number of rotatable bonds is 7. The van der Waals surface area contributed by atoms with E-state index in [-0.39, 0.29) is 6.04 Å². The average molecular weight is 366 g/mol. The third kappa shape index (κ3) is 4.94. The minimum atomic E-state index is -3.36. The van der Waals surface area contributed by atoms with E-state index >= 15 is 0 Å². The molecule has 0 aliphatic heterocycles. The molecule has 0 fully saturated rings. The molecular weight excluding hydrogens is 344 g/mol. The number of anilines is 2. The van der Waals surface area contributed by atoms with Crippen molar-refractivity contribution in [1.29, 1.82) is 0 Å². The van der Waals surface area contributed by atoms with Crippen LogP contribution in [0.4, 0.5) is 11.4 Å². The first-order valence-electron chi connectivity index (χ1n) is 8.43. The van der Waals surface area contributed by atoms with Crippen LogP contribution in [0.25, 0.3) is 0 Å². The van der Waals surface area contributed by atoms with Crippen molar-refractivity contribution >= 4 is 21.4 Å². The van der Waals surface area contributed by atoms with Crippen LogP contribution in [0.2, 0.25) is 0 Å². The molecule has 134 valence electrons. The van der Waals surface area contributed by atoms with E-state index in [1.807, 2.05) is 91.0 Å². The Morgan fingerprint density at radius 2 is 1.19 bits per heavy atom. The Bertz CT molecular complexity index is 874. The van der Waals surface area contributed by atoms with E-state index in [2.05, 4.69) is 9.62 Å². The molecule has 0 bridgehead atoms. The van der Waals surface area contributed by atoms with Crippen LogP contribution in [0.1, 0.15) is 11.6 Å². The molecule has 0 radical (unpaired) electrons. The van der Waals surface area contributed by atoms with Gasteiger partial charge >= 0.3 is 0 Å². The maximum atomic E-state index is 11.9. The molecule has 1 N–H and O–H groups in total. The van der Waals surface area contributed by atoms with Gasteiger partial charge in [0, 0.05) is 17.9 Å². The minimum Gasteiger partial charge on any atom is -0.340 e. The summed E-state index contributed by atoms with van der Waals surface area (Å²) in [5.41, 5.74) is 2.94. The average Bonchev–Trinajstić information content (AvgIpc) is 2.66. The van der Waals surface area contributed by atoms with Crippen molar-refractivity contribution in [2.24, 2.45) is 0 Å². The number of hydrogen-bond acceptors (Lipinski definition) is 3. The van der Waals surface area contributed by atoms with E-state index in [0.29, 0.717) is 6.54 Å². The van der Waals surface area contributed by atoms with Crippen molar-refractivity contribution < 1.29 is 8.42 Å². The maximum Gasteiger partial charge on any atom is 0.209 e. The summed E-state index contributed by atoms with van der Waals surface area (Å²) in [6.07, 6.45) is 1.19. The second kappa shape index (κ2) is 8.17. The van der Waals surface area contributed by atoms with Crippen molar-refractivity contribution in [3.05, 3.63) is 96.6 Å². The van der Waals surface area contributed by atoms with Crippen LogP contribution >= 0.6 is 0 Å². The zero-order valence-corrected chi connectivity index (χ0v) is 15.4. The first-order chi connectivity index (χ1) is 12.5. The van der Waals surface area contributed by atoms with E-state index in [1.54, 1.807) is 0 Å². The molecule has 0 aliphatic rings. The highest BCUT2D eigenvalue weighted by Gasteiger charge is 2.21. The SMILES string of the molecule is CS(=O)(=O)N[C@@H](CN(c1ccccc1)c1ccccc1)c1ccccc1. The molecular formula is C21H22N2O2S. The Morgan fingerprint density at radius 3 is 1.62 bits per heavy atom. The summed E-state index contributed by atoms with van der Waals surface area (Å²) in [7, 11) is -3.36. The van der Waals surface area contributed by atoms with Crippen LogP contribution in [-0.2, 0) is 10.0 Å². The molecule has 4 nitrogen and oxygen atoms in total. The number of hydrogen-bond donors (Lipinski definition) is 1. The predicted octanol–water partition coefficient (Wildman–Crippen LogP) is 4.12. The fraction of sp³-hybridized carbons (Fsp3) is 0.143. The second-order valence-electron chi connectivity index (χ2n) is 6.13. The van der Waals surface area contributed by atoms with Crippen LogP contribution in [0.5, 0.6) is 0 Å². The van der Waals surface area contributed by atoms with E-state index in [0.717, 1.165) is 16.9 Å². The standard InChI is InChI=1S/C21H22N2O2S/c1-26(24,25)22-21(18-11-5-2-6-12-18)17-23(19-13-7-3-8-14-19)20-15-9-4-10-16-20/h2-16,21-22H,17H2,1H3/t21-/m0/s1. The highest BCUT2D eigenvalue weighted by Crippen LogP contribution is 2.28. The fourth-order valence-corrected chi connectivity index (χ4v) is 3.64. The van der Waals surface area contributed by atoms with Gasteiger partial charge in [-0.25, -0.2) is 13.1 Å². The lowest BCUT2D eigenvalue weighted by molar-refractivity contribution is 0.562. The number of sulfonamides is 1. The Hall–Kier alpha value is -2.63. The van der Waals surface area contributed by atoms with E-state index < -0.39 is 10.0 Å². The van der Waals surface area contributed by atoms with Gasteiger partial charge in [0.05, 0.1) is 12.3 Å². The largest absolute Gasteiger partial charge is 0.340 e. The Labute approximate surface area is 155 Å². The fourth-order valence-electron chi connectivity index (χ4n) is 2.91. The summed E-state index contributed by atoms with van der Waals surface area (Å²) >= 11 is 0. The molecule has 0 spiro atoms. The third-order valence-corrected chi connectivity index (χ3v) is 4.77. The molecule has 0 saturated heterocycles. The zero-order valence-electron chi connectivity index (χ0n) is 14.6. The normalized spacial score (nSPS) is 12.5. The lowest BCUT2D eigenvalue weighted by Gasteiger charge is -2.30. The molecule has 3 aromatic rings. The van der Waals surface area contributed by atoms with Crippen LogP contribution < -0.4 is 9.62 Å². The Kier molecular flexibility index (Phi) is 5.71. The molecule has 0 aliphatic carbocycles. The summed E-state index contributed by atoms with van der Waals surface area (Å²) < 4.78 is 26.7. The van der Waals surface area contributed by atoms with Crippen molar-refractivity contribution in [2.45, 2.75) is 6.04 Å². The van der Waals surface area contributed by atoms with Gasteiger partial charge in [0.15, 0.2) is 0 Å². The lowest BCUT2D eigenvalue weighted by atomic mass is 10.1. The summed E-state index contributed by atoms with van der Waals surface area (Å²) in [4.78, 5) is 2.12. The number of nitrogens with zero attached hydrogens (tertiary/aromatic N) is 1. The number of para-hydroxylation sites is 2. The predicted molar refractivity (Wildman–Crippen MR) is 107 cm³/mol. The summed E-state index contributed by atoms with van der Waals surface area (Å²) in [6, 6.07) is 29.2. The van der Waals surface area contributed by atoms with Gasteiger partial charge < -0.3 is 4.90 Å². The first-order valence-corrected chi connectivity index (χ1v) is 10.3. The second-order valence-corrected chi connectivity index (χ2v) is 7.92. The van der Waals surface area contributed by atoms with Crippen molar-refractivity contribution in [1.82, 2.24) is 4.72 Å². The Balaban J connectivity index is 1.99. The van der Waals surface area contributed by atoms with Crippen molar-refractivity contribution in [3.8, 4) is 0 Å². The van der Waals surface area contributed by atoms with Gasteiger partial charge in [0.25, 0.3) is 0 Å². The van der Waals surface area contributed by atoms with Crippen LogP contribution in [0.3, 0.4) is 0 Å². The smallest absolute Gasteiger partial charge is 0.209 e. The van der Waals surface area contributed by atoms with Gasteiger partial charge in [-0.05, 0) is 29.8 Å². The third-order valence-electron chi connectivity index (χ3n) is 4.06. The van der Waals surface area contributed by atoms with Crippen LogP contribution in [0, 0.1) is 0 Å². The molecule has 0 heterocycles. The summed E-state index contributed by atoms with van der Waals surface area (Å²) in [5.74, 6) is 0. The summed E-state index contributed by atoms with van der Waals surface area (Å²) in [5, 5.41) is 0. The van der Waals surface area contributed by atoms with E-state index in [4.69, 9.17) is 0 Å². The topological polar surface area (TPSA) is 49.4 Å². The minimum absolute atomic E-state index is 0.369. The van der Waals surface area contributed by atoms with Gasteiger partial charge in [-0.15, -0.1) is 0 Å². The lowest BCUT2D eigenvalue weighted by Crippen LogP contribution is -2.35. The van der Waals surface area contributed by atoms with E-state index in [9.17, 15) is 8.42 Å². The zero-order chi connectivity index (χ0) is 18.4. The van der Waals surface area contributed by atoms with Gasteiger partial charge in [-0.3, -0.25) is 0 Å². The molecule has 5 heteroatoms. The monoisotopic (exact) mass is 366 g/mol. The molecule has 3 rings (SSSR count). The summed E-state index contributed by atoms with van der Waals surface area (Å²) in [6.45, 7) is 0.477. The molecule has 0 unspecified atom stereocenters. The van der Waals surface area contributed by atoms with Gasteiger partial charge in [-0.1, -0.05) is 66.7 Å². The highest BCUT2D eigenvalue weighted by atomic mass is 32.2. The molecule has 0 amide bonds. The van der Waals surface area contributed by atoms with Gasteiger partial charge in [-0.2, -0.15) is 0 Å².